The zero-order valence-electron chi connectivity index (χ0n) is 8.16. The number of halogens is 5. The van der Waals surface area contributed by atoms with Crippen LogP contribution in [0.3, 0.4) is 0 Å². The summed E-state index contributed by atoms with van der Waals surface area (Å²) in [5, 5.41) is 0. The van der Waals surface area contributed by atoms with E-state index in [1.54, 1.807) is 20.0 Å². The van der Waals surface area contributed by atoms with Gasteiger partial charge in [0.15, 0.2) is 7.38 Å². The van der Waals surface area contributed by atoms with Crippen LogP contribution in [0.1, 0.15) is 13.3 Å². The molecule has 0 aliphatic heterocycles. The van der Waals surface area contributed by atoms with Crippen molar-refractivity contribution in [1.82, 2.24) is 0 Å². The number of rotatable bonds is 5. The van der Waals surface area contributed by atoms with E-state index in [4.69, 9.17) is 11.1 Å². The Labute approximate surface area is 86.1 Å². The smallest absolute Gasteiger partial charge is 0.315 e. The van der Waals surface area contributed by atoms with Crippen molar-refractivity contribution in [2.24, 2.45) is 0 Å². The van der Waals surface area contributed by atoms with Crippen molar-refractivity contribution in [3.05, 3.63) is 0 Å². The van der Waals surface area contributed by atoms with E-state index < -0.39 is 25.6 Å². The molecule has 0 aromatic rings. The van der Waals surface area contributed by atoms with Crippen LogP contribution < -0.4 is 0 Å². The molecular weight excluding hydrogens is 240 g/mol. The predicted octanol–water partition coefficient (Wildman–Crippen LogP) is 3.62. The molecule has 1 nitrogen and oxygen atoms in total. The van der Waals surface area contributed by atoms with Crippen LogP contribution in [-0.4, -0.2) is 25.6 Å². The van der Waals surface area contributed by atoms with Crippen molar-refractivity contribution >= 4 is 18.5 Å². The molecule has 0 aromatic heterocycles. The van der Waals surface area contributed by atoms with Crippen molar-refractivity contribution in [3.8, 4) is 0 Å². The average molecular weight is 253 g/mol. The highest BCUT2D eigenvalue weighted by Crippen LogP contribution is 2.30. The molecule has 7 heteroatoms. The number of hydrogen-bond donors (Lipinski definition) is 0. The maximum Gasteiger partial charge on any atom is 0.416 e. The fourth-order valence-electron chi connectivity index (χ4n) is 0.950. The maximum absolute atomic E-state index is 12.5. The van der Waals surface area contributed by atoms with Gasteiger partial charge in [0.05, 0.1) is 5.73 Å². The minimum Gasteiger partial charge on any atom is -0.315 e. The summed E-state index contributed by atoms with van der Waals surface area (Å²) in [5.41, 5.74) is -0.979. The second kappa shape index (κ2) is 4.81. The molecule has 0 radical (unpaired) electrons. The zero-order valence-corrected chi connectivity index (χ0v) is 9.92. The van der Waals surface area contributed by atoms with Gasteiger partial charge in [0.1, 0.15) is 0 Å². The lowest BCUT2D eigenvalue weighted by Gasteiger charge is -2.29. The Morgan fingerprint density at radius 1 is 1.36 bits per heavy atom. The van der Waals surface area contributed by atoms with Crippen molar-refractivity contribution in [1.29, 1.82) is 0 Å². The van der Waals surface area contributed by atoms with Crippen molar-refractivity contribution in [2.75, 3.05) is 0 Å². The first kappa shape index (κ1) is 14.2. The van der Waals surface area contributed by atoms with Gasteiger partial charge in [-0.25, -0.2) is 8.78 Å². The molecule has 86 valence electrons. The molecule has 0 bridgehead atoms. The van der Waals surface area contributed by atoms with E-state index in [0.717, 1.165) is 0 Å². The SMILES string of the molecule is CCC(OC(F)(F)C(F)F)[Si](C)(C)Cl. The first-order chi connectivity index (χ1) is 6.11. The van der Waals surface area contributed by atoms with Crippen LogP contribution in [0.15, 0.2) is 0 Å². The molecule has 1 atom stereocenters. The second-order valence-electron chi connectivity index (χ2n) is 3.44. The third kappa shape index (κ3) is 4.14. The molecular formula is C7H13ClF4OSi. The second-order valence-corrected chi connectivity index (χ2v) is 10.1. The average Bonchev–Trinajstić information content (AvgIpc) is 1.97. The molecule has 0 aliphatic carbocycles. The van der Waals surface area contributed by atoms with E-state index in [9.17, 15) is 17.6 Å². The molecule has 0 N–H and O–H groups in total. The lowest BCUT2D eigenvalue weighted by Crippen LogP contribution is -2.45. The van der Waals surface area contributed by atoms with Crippen LogP contribution in [0.5, 0.6) is 0 Å². The Hall–Kier alpha value is 0.187. The molecule has 0 amide bonds. The van der Waals surface area contributed by atoms with Gasteiger partial charge < -0.3 is 4.74 Å². The molecule has 14 heavy (non-hydrogen) atoms. The van der Waals surface area contributed by atoms with Crippen LogP contribution in [0.25, 0.3) is 0 Å². The van der Waals surface area contributed by atoms with Gasteiger partial charge >= 0.3 is 12.5 Å². The predicted molar refractivity (Wildman–Crippen MR) is 49.5 cm³/mol. The number of ether oxygens (including phenoxy) is 1. The summed E-state index contributed by atoms with van der Waals surface area (Å²) in [6.07, 6.45) is -8.02. The monoisotopic (exact) mass is 252 g/mol. The molecule has 1 unspecified atom stereocenters. The van der Waals surface area contributed by atoms with E-state index in [1.807, 2.05) is 0 Å². The summed E-state index contributed by atoms with van der Waals surface area (Å²) in [7, 11) is -2.51. The lowest BCUT2D eigenvalue weighted by molar-refractivity contribution is -0.308. The largest absolute Gasteiger partial charge is 0.416 e. The summed E-state index contributed by atoms with van der Waals surface area (Å²) in [4.78, 5) is 0. The van der Waals surface area contributed by atoms with Gasteiger partial charge in [0, 0.05) is 0 Å². The quantitative estimate of drug-likeness (QED) is 0.413. The Morgan fingerprint density at radius 3 is 2.00 bits per heavy atom. The topological polar surface area (TPSA) is 9.23 Å². The van der Waals surface area contributed by atoms with Crippen LogP contribution in [-0.2, 0) is 4.74 Å². The molecule has 0 rings (SSSR count). The van der Waals surface area contributed by atoms with Crippen molar-refractivity contribution in [2.45, 2.75) is 44.7 Å². The minimum absolute atomic E-state index is 0.199. The molecule has 0 fully saturated rings. The Morgan fingerprint density at radius 2 is 1.79 bits per heavy atom. The highest BCUT2D eigenvalue weighted by molar-refractivity contribution is 7.19. The Kier molecular flexibility index (Phi) is 4.87. The Balaban J connectivity index is 4.47. The Bertz CT molecular complexity index is 183. The maximum atomic E-state index is 12.5. The first-order valence-electron chi connectivity index (χ1n) is 4.14. The fraction of sp³-hybridized carbons (Fsp3) is 1.00. The van der Waals surface area contributed by atoms with Gasteiger partial charge in [-0.15, -0.1) is 0 Å². The van der Waals surface area contributed by atoms with E-state index >= 15 is 0 Å². The normalized spacial score (nSPS) is 16.1. The van der Waals surface area contributed by atoms with E-state index in [2.05, 4.69) is 4.74 Å². The van der Waals surface area contributed by atoms with Crippen LogP contribution in [0.4, 0.5) is 17.6 Å². The molecule has 0 aliphatic rings. The molecule has 0 aromatic carbocycles. The van der Waals surface area contributed by atoms with Gasteiger partial charge in [-0.2, -0.15) is 19.9 Å². The third-order valence-corrected chi connectivity index (χ3v) is 4.48. The van der Waals surface area contributed by atoms with E-state index in [1.165, 1.54) is 0 Å². The molecule has 0 spiro atoms. The van der Waals surface area contributed by atoms with Crippen LogP contribution in [0, 0.1) is 0 Å². The van der Waals surface area contributed by atoms with Gasteiger partial charge in [-0.1, -0.05) is 20.0 Å². The van der Waals surface area contributed by atoms with Crippen molar-refractivity contribution in [3.63, 3.8) is 0 Å². The molecule has 0 saturated carbocycles. The molecule has 0 heterocycles. The standard InChI is InChI=1S/C7H13ClF4OSi/c1-4-5(14(2,3)8)13-7(11,12)6(9)10/h5-6H,4H2,1-3H3. The number of hydrogen-bond acceptors (Lipinski definition) is 1. The van der Waals surface area contributed by atoms with Crippen molar-refractivity contribution < 1.29 is 22.3 Å². The van der Waals surface area contributed by atoms with Gasteiger partial charge in [-0.3, -0.25) is 0 Å². The summed E-state index contributed by atoms with van der Waals surface area (Å²) in [6, 6.07) is 0. The lowest BCUT2D eigenvalue weighted by atomic mass is 10.5. The van der Waals surface area contributed by atoms with Crippen LogP contribution >= 0.6 is 11.1 Å². The fourth-order valence-corrected chi connectivity index (χ4v) is 2.95. The summed E-state index contributed by atoms with van der Waals surface area (Å²) < 4.78 is 52.7. The van der Waals surface area contributed by atoms with E-state index in [0.29, 0.717) is 0 Å². The number of alkyl halides is 4. The van der Waals surface area contributed by atoms with Gasteiger partial charge in [-0.05, 0) is 6.42 Å². The minimum atomic E-state index is -4.40. The summed E-state index contributed by atoms with van der Waals surface area (Å²) >= 11 is 5.85. The van der Waals surface area contributed by atoms with Gasteiger partial charge in [0.2, 0.25) is 0 Å². The third-order valence-electron chi connectivity index (χ3n) is 1.69. The first-order valence-corrected chi connectivity index (χ1v) is 8.23. The summed E-state index contributed by atoms with van der Waals surface area (Å²) in [6.45, 7) is 4.72. The highest BCUT2D eigenvalue weighted by Gasteiger charge is 2.47. The van der Waals surface area contributed by atoms with E-state index in [-0.39, 0.29) is 6.42 Å². The summed E-state index contributed by atoms with van der Waals surface area (Å²) in [5.74, 6) is 0. The van der Waals surface area contributed by atoms with Crippen LogP contribution in [0.2, 0.25) is 13.1 Å². The zero-order chi connectivity index (χ0) is 11.6. The molecule has 0 saturated heterocycles. The highest BCUT2D eigenvalue weighted by atomic mass is 35.6. The van der Waals surface area contributed by atoms with Gasteiger partial charge in [0.25, 0.3) is 0 Å².